The van der Waals surface area contributed by atoms with Crippen LogP contribution < -0.4 is 9.64 Å². The number of amides is 1. The van der Waals surface area contributed by atoms with Crippen molar-refractivity contribution in [3.8, 4) is 11.6 Å². The van der Waals surface area contributed by atoms with E-state index in [0.717, 1.165) is 11.2 Å². The first-order valence-electron chi connectivity index (χ1n) is 12.5. The highest BCUT2D eigenvalue weighted by Crippen LogP contribution is 2.41. The van der Waals surface area contributed by atoms with E-state index in [1.54, 1.807) is 27.7 Å². The van der Waals surface area contributed by atoms with Gasteiger partial charge in [-0.3, -0.25) is 4.90 Å². The Morgan fingerprint density at radius 3 is 2.35 bits per heavy atom. The third kappa shape index (κ3) is 6.36. The molecule has 0 bridgehead atoms. The number of sulfone groups is 1. The number of benzene rings is 1. The Morgan fingerprint density at radius 2 is 1.80 bits per heavy atom. The van der Waals surface area contributed by atoms with Gasteiger partial charge in [-0.1, -0.05) is 19.9 Å². The van der Waals surface area contributed by atoms with Gasteiger partial charge < -0.3 is 14.5 Å². The second-order valence-corrected chi connectivity index (χ2v) is 11.5. The number of halogens is 1. The highest BCUT2D eigenvalue weighted by Gasteiger charge is 2.28. The Morgan fingerprint density at radius 1 is 1.18 bits per heavy atom. The molecule has 3 aromatic heterocycles. The lowest BCUT2D eigenvalue weighted by Crippen LogP contribution is -2.34. The van der Waals surface area contributed by atoms with Crippen molar-refractivity contribution < 1.29 is 27.1 Å². The van der Waals surface area contributed by atoms with Crippen LogP contribution in [0, 0.1) is 12.7 Å². The molecule has 0 aliphatic carbocycles. The summed E-state index contributed by atoms with van der Waals surface area (Å²) >= 11 is 0. The fourth-order valence-corrected chi connectivity index (χ4v) is 4.26. The van der Waals surface area contributed by atoms with Crippen LogP contribution in [0.5, 0.6) is 11.6 Å². The van der Waals surface area contributed by atoms with E-state index in [0.29, 0.717) is 16.7 Å². The molecule has 0 spiro atoms. The Hall–Kier alpha value is -4.13. The van der Waals surface area contributed by atoms with Crippen molar-refractivity contribution in [1.82, 2.24) is 24.9 Å². The topological polar surface area (TPSA) is 140 Å². The minimum atomic E-state index is -3.87. The second-order valence-electron chi connectivity index (χ2n) is 9.64. The van der Waals surface area contributed by atoms with Gasteiger partial charge in [-0.25, -0.2) is 27.6 Å². The van der Waals surface area contributed by atoms with Crippen LogP contribution >= 0.6 is 0 Å². The number of fused-ring (bicyclic) bond motifs is 3. The van der Waals surface area contributed by atoms with Crippen LogP contribution in [0.3, 0.4) is 0 Å². The molecule has 1 N–H and O–H groups in total. The van der Waals surface area contributed by atoms with Gasteiger partial charge in [-0.05, 0) is 34.1 Å². The van der Waals surface area contributed by atoms with Crippen LogP contribution in [0.2, 0.25) is 0 Å². The molecule has 1 aromatic carbocycles. The van der Waals surface area contributed by atoms with Crippen molar-refractivity contribution in [1.29, 1.82) is 0 Å². The minimum Gasteiger partial charge on any atom is -0.443 e. The number of ether oxygens (including phenoxy) is 2. The summed E-state index contributed by atoms with van der Waals surface area (Å²) in [7, 11) is -2.43. The van der Waals surface area contributed by atoms with Gasteiger partial charge in [0.15, 0.2) is 5.75 Å². The molecule has 0 aliphatic heterocycles. The Kier molecular flexibility index (Phi) is 8.78. The monoisotopic (exact) mass is 572 g/mol. The van der Waals surface area contributed by atoms with Gasteiger partial charge in [0.1, 0.15) is 22.9 Å². The highest BCUT2D eigenvalue weighted by atomic mass is 32.2. The van der Waals surface area contributed by atoms with Gasteiger partial charge in [0.25, 0.3) is 5.16 Å². The molecule has 0 unspecified atom stereocenters. The van der Waals surface area contributed by atoms with Gasteiger partial charge >= 0.3 is 6.09 Å². The van der Waals surface area contributed by atoms with Crippen LogP contribution in [-0.2, 0) is 21.0 Å². The SMILES string of the molecule is C=CCc1c(F)cc(N(C)C(=O)OC(C)(C)C)c2[nH]c3nc(S(C)(=O)=O)nc(Oc4cnc(C)nc4)c3c12.CC. The van der Waals surface area contributed by atoms with E-state index in [-0.39, 0.29) is 40.3 Å². The zero-order valence-electron chi connectivity index (χ0n) is 23.8. The molecule has 13 heteroatoms. The Balaban J connectivity index is 0.00000216. The molecule has 0 saturated heterocycles. The zero-order chi connectivity index (χ0) is 30.0. The fraction of sp³-hybridized carbons (Fsp3) is 0.370. The summed E-state index contributed by atoms with van der Waals surface area (Å²) in [6.45, 7) is 14.6. The van der Waals surface area contributed by atoms with Gasteiger partial charge in [0.05, 0.1) is 29.0 Å². The summed E-state index contributed by atoms with van der Waals surface area (Å²) in [5.41, 5.74) is -0.0599. The number of nitrogens with one attached hydrogen (secondary N) is 1. The number of anilines is 1. The predicted molar refractivity (Wildman–Crippen MR) is 151 cm³/mol. The average Bonchev–Trinajstić information content (AvgIpc) is 3.26. The molecule has 0 saturated carbocycles. The molecular formula is C27H33FN6O5S. The van der Waals surface area contributed by atoms with Crippen LogP contribution in [-0.4, -0.2) is 58.3 Å². The van der Waals surface area contributed by atoms with Crippen LogP contribution in [0.1, 0.15) is 46.0 Å². The summed E-state index contributed by atoms with van der Waals surface area (Å²) in [5.74, 6) is -0.104. The summed E-state index contributed by atoms with van der Waals surface area (Å²) in [4.78, 5) is 33.6. The third-order valence-corrected chi connectivity index (χ3v) is 6.23. The van der Waals surface area contributed by atoms with E-state index in [4.69, 9.17) is 9.47 Å². The number of hydrogen-bond acceptors (Lipinski definition) is 9. The number of hydrogen-bond donors (Lipinski definition) is 1. The quantitative estimate of drug-likeness (QED) is 0.228. The summed E-state index contributed by atoms with van der Waals surface area (Å²) in [6, 6.07) is 1.19. The molecule has 3 heterocycles. The maximum atomic E-state index is 15.6. The molecule has 0 atom stereocenters. The largest absolute Gasteiger partial charge is 0.443 e. The van der Waals surface area contributed by atoms with Crippen molar-refractivity contribution in [2.24, 2.45) is 0 Å². The molecule has 40 heavy (non-hydrogen) atoms. The van der Waals surface area contributed by atoms with Gasteiger partial charge in [-0.15, -0.1) is 6.58 Å². The Labute approximate surface area is 232 Å². The van der Waals surface area contributed by atoms with Crippen molar-refractivity contribution >= 4 is 43.6 Å². The number of carbonyl (C=O) groups excluding carboxylic acids is 1. The van der Waals surface area contributed by atoms with E-state index >= 15 is 4.39 Å². The van der Waals surface area contributed by atoms with Crippen LogP contribution in [0.4, 0.5) is 14.9 Å². The van der Waals surface area contributed by atoms with Crippen LogP contribution in [0.25, 0.3) is 21.9 Å². The Bertz CT molecular complexity index is 1680. The molecule has 4 aromatic rings. The highest BCUT2D eigenvalue weighted by molar-refractivity contribution is 7.90. The number of H-pyrrole nitrogens is 1. The molecule has 1 amide bonds. The van der Waals surface area contributed by atoms with E-state index in [1.807, 2.05) is 13.8 Å². The molecule has 0 fully saturated rings. The summed E-state index contributed by atoms with van der Waals surface area (Å²) in [6.07, 6.45) is 4.68. The lowest BCUT2D eigenvalue weighted by atomic mass is 10.0. The first-order chi connectivity index (χ1) is 18.7. The first-order valence-corrected chi connectivity index (χ1v) is 14.4. The zero-order valence-corrected chi connectivity index (χ0v) is 24.6. The predicted octanol–water partition coefficient (Wildman–Crippen LogP) is 5.67. The van der Waals surface area contributed by atoms with Crippen molar-refractivity contribution in [2.75, 3.05) is 18.2 Å². The maximum Gasteiger partial charge on any atom is 0.414 e. The number of allylic oxidation sites excluding steroid dienone is 1. The number of rotatable bonds is 6. The first kappa shape index (κ1) is 30.4. The standard InChI is InChI=1S/C25H27FN6O5S.C2H6/c1-8-9-15-16(26)10-17(32(6)24(33)37-25(3,4)5)20-18(15)19-21(29-20)30-23(38(7,34)35)31-22(19)36-14-11-27-13(2)28-12-14;1-2/h8,10-12H,1,9H2,2-7H3,(H,29,30,31);1-2H3. The molecule has 0 aliphatic rings. The van der Waals surface area contributed by atoms with E-state index < -0.39 is 32.5 Å². The van der Waals surface area contributed by atoms with Crippen LogP contribution in [0.15, 0.2) is 36.3 Å². The number of aromatic nitrogens is 5. The number of carbonyl (C=O) groups is 1. The molecule has 0 radical (unpaired) electrons. The normalized spacial score (nSPS) is 11.6. The second kappa shape index (κ2) is 11.5. The van der Waals surface area contributed by atoms with Gasteiger partial charge in [-0.2, -0.15) is 9.97 Å². The van der Waals surface area contributed by atoms with Crippen molar-refractivity contribution in [3.05, 3.63) is 48.3 Å². The molecule has 11 nitrogen and oxygen atoms in total. The molecule has 214 valence electrons. The lowest BCUT2D eigenvalue weighted by Gasteiger charge is -2.25. The molecule has 4 rings (SSSR count). The average molecular weight is 573 g/mol. The lowest BCUT2D eigenvalue weighted by molar-refractivity contribution is 0.0589. The fourth-order valence-electron chi connectivity index (χ4n) is 3.76. The number of aryl methyl sites for hydroxylation is 1. The minimum absolute atomic E-state index is 0.0632. The van der Waals surface area contributed by atoms with E-state index in [9.17, 15) is 13.2 Å². The van der Waals surface area contributed by atoms with Crippen molar-refractivity contribution in [3.63, 3.8) is 0 Å². The van der Waals surface area contributed by atoms with Crippen molar-refractivity contribution in [2.45, 2.75) is 58.7 Å². The van der Waals surface area contributed by atoms with Gasteiger partial charge in [0, 0.05) is 30.3 Å². The van der Waals surface area contributed by atoms with E-state index in [1.165, 1.54) is 31.6 Å². The smallest absolute Gasteiger partial charge is 0.414 e. The summed E-state index contributed by atoms with van der Waals surface area (Å²) in [5, 5.41) is 0.00364. The van der Waals surface area contributed by atoms with Gasteiger partial charge in [0.2, 0.25) is 15.7 Å². The maximum absolute atomic E-state index is 15.6. The molecular weight excluding hydrogens is 539 g/mol. The summed E-state index contributed by atoms with van der Waals surface area (Å²) < 4.78 is 51.7. The number of nitrogens with zero attached hydrogens (tertiary/aromatic N) is 5. The number of aromatic amines is 1. The third-order valence-electron chi connectivity index (χ3n) is 5.39. The van der Waals surface area contributed by atoms with E-state index in [2.05, 4.69) is 31.5 Å².